The second-order valence-corrected chi connectivity index (χ2v) is 22.4. The van der Waals surface area contributed by atoms with Gasteiger partial charge in [0.2, 0.25) is 0 Å². The maximum atomic E-state index is 11.9. The molecular formula is C46H60IrNO2SSi-. The fourth-order valence-electron chi connectivity index (χ4n) is 9.13. The van der Waals surface area contributed by atoms with E-state index in [0.29, 0.717) is 5.92 Å². The number of aliphatic hydroxyl groups excluding tert-OH is 1. The third-order valence-corrected chi connectivity index (χ3v) is 19.8. The molecule has 3 aliphatic rings. The molecule has 1 aromatic heterocycles. The van der Waals surface area contributed by atoms with Crippen LogP contribution >= 0.6 is 11.8 Å². The summed E-state index contributed by atoms with van der Waals surface area (Å²) in [5, 5.41) is 15.3. The van der Waals surface area contributed by atoms with Crippen molar-refractivity contribution in [1.29, 1.82) is 0 Å². The number of rotatable bonds is 9. The van der Waals surface area contributed by atoms with Crippen molar-refractivity contribution >= 4 is 47.2 Å². The standard InChI is InChI=1S/C32H34NSSi.C14H26O2.Ir/c1-21(2)29-26-9-5-4-8-23(26)19-27-31-30-24(10-13-33-31)18-25(20-28(30)34-32(27)29)22-11-16-35(17-12-22)14-6-3-7-15-35;1-6-11(7-2)12(15)10-13(16)14(5,8-3)9-4;/h4-5,8-10,13,18,20-22H,3,6-7,11-12,14-17H2,1-2H3;10-11,16H,6-9H2,1-5H3;/q-1;;/b;13-10-;. The van der Waals surface area contributed by atoms with Gasteiger partial charge in [-0.2, -0.15) is 0 Å². The molecule has 7 rings (SSSR count). The molecule has 3 aliphatic heterocycles. The average molecular weight is 911 g/mol. The van der Waals surface area contributed by atoms with Gasteiger partial charge in [-0.25, -0.2) is 0 Å². The van der Waals surface area contributed by atoms with Crippen LogP contribution in [0, 0.1) is 17.4 Å². The number of aromatic nitrogens is 1. The van der Waals surface area contributed by atoms with Crippen LogP contribution in [0.15, 0.2) is 70.3 Å². The summed E-state index contributed by atoms with van der Waals surface area (Å²) >= 11 is 1.98. The molecular weight excluding hydrogens is 851 g/mol. The van der Waals surface area contributed by atoms with Crippen LogP contribution in [0.1, 0.15) is 129 Å². The van der Waals surface area contributed by atoms with Gasteiger partial charge >= 0.3 is 0 Å². The quantitative estimate of drug-likeness (QED) is 0.0693. The molecule has 1 spiro atoms. The molecule has 0 amide bonds. The first kappa shape index (κ1) is 40.9. The van der Waals surface area contributed by atoms with Crippen LogP contribution in [0.4, 0.5) is 0 Å². The van der Waals surface area contributed by atoms with Gasteiger partial charge in [0, 0.05) is 54.3 Å². The Kier molecular flexibility index (Phi) is 13.8. The first-order valence-corrected chi connectivity index (χ1v) is 23.7. The molecule has 0 bridgehead atoms. The number of pyridine rings is 1. The summed E-state index contributed by atoms with van der Waals surface area (Å²) in [5.74, 6) is 1.56. The molecule has 0 atom stereocenters. The Labute approximate surface area is 332 Å². The molecule has 52 heavy (non-hydrogen) atoms. The van der Waals surface area contributed by atoms with Crippen molar-refractivity contribution in [2.24, 2.45) is 11.3 Å². The number of nitrogens with zero attached hydrogens (tertiary/aromatic N) is 1. The largest absolute Gasteiger partial charge is 0.512 e. The molecule has 0 aliphatic carbocycles. The van der Waals surface area contributed by atoms with Gasteiger partial charge in [-0.15, -0.1) is 29.3 Å². The van der Waals surface area contributed by atoms with Crippen LogP contribution in [0.2, 0.25) is 24.2 Å². The van der Waals surface area contributed by atoms with E-state index >= 15 is 0 Å². The number of aliphatic hydroxyl groups is 1. The van der Waals surface area contributed by atoms with E-state index in [4.69, 9.17) is 4.98 Å². The summed E-state index contributed by atoms with van der Waals surface area (Å²) in [6.45, 7) is 14.8. The molecule has 0 saturated carbocycles. The number of hydrogen-bond acceptors (Lipinski definition) is 4. The fraction of sp³-hybridized carbons (Fsp3) is 0.522. The van der Waals surface area contributed by atoms with E-state index in [1.54, 1.807) is 29.7 Å². The van der Waals surface area contributed by atoms with Gasteiger partial charge in [-0.1, -0.05) is 133 Å². The Bertz CT molecular complexity index is 1890. The zero-order chi connectivity index (χ0) is 36.3. The molecule has 0 unspecified atom stereocenters. The summed E-state index contributed by atoms with van der Waals surface area (Å²) in [6, 6.07) is 26.2. The van der Waals surface area contributed by atoms with Crippen molar-refractivity contribution in [3.05, 3.63) is 77.7 Å². The van der Waals surface area contributed by atoms with Crippen molar-refractivity contribution in [2.45, 2.75) is 152 Å². The Morgan fingerprint density at radius 2 is 1.67 bits per heavy atom. The third kappa shape index (κ3) is 8.21. The number of carbonyl (C=O) groups excluding carboxylic acids is 1. The van der Waals surface area contributed by atoms with Crippen LogP contribution in [0.5, 0.6) is 0 Å². The van der Waals surface area contributed by atoms with Crippen LogP contribution in [-0.2, 0) is 24.9 Å². The van der Waals surface area contributed by atoms with Gasteiger partial charge in [0.05, 0.1) is 8.07 Å². The molecule has 2 fully saturated rings. The molecule has 1 radical (unpaired) electrons. The number of hydrogen-bond donors (Lipinski definition) is 1. The van der Waals surface area contributed by atoms with E-state index in [2.05, 4.69) is 62.4 Å². The zero-order valence-electron chi connectivity index (χ0n) is 32.7. The van der Waals surface area contributed by atoms with E-state index < -0.39 is 8.07 Å². The number of fused-ring (bicyclic) bond motifs is 3. The Hall–Kier alpha value is -2.24. The van der Waals surface area contributed by atoms with Gasteiger partial charge in [0.15, 0.2) is 5.78 Å². The Morgan fingerprint density at radius 1 is 1.00 bits per heavy atom. The van der Waals surface area contributed by atoms with E-state index in [9.17, 15) is 9.90 Å². The number of benzene rings is 3. The predicted octanol–water partition coefficient (Wildman–Crippen LogP) is 14.2. The summed E-state index contributed by atoms with van der Waals surface area (Å²) in [4.78, 5) is 19.6. The van der Waals surface area contributed by atoms with E-state index in [-0.39, 0.29) is 43.0 Å². The third-order valence-electron chi connectivity index (χ3n) is 13.1. The van der Waals surface area contributed by atoms with Crippen LogP contribution < -0.4 is 0 Å². The molecule has 6 heteroatoms. The molecule has 281 valence electrons. The van der Waals surface area contributed by atoms with E-state index in [1.807, 2.05) is 52.6 Å². The molecule has 1 N–H and O–H groups in total. The predicted molar refractivity (Wildman–Crippen MR) is 221 cm³/mol. The maximum Gasteiger partial charge on any atom is 0.162 e. The minimum atomic E-state index is -0.931. The van der Waals surface area contributed by atoms with Gasteiger partial charge in [-0.05, 0) is 83.7 Å². The second kappa shape index (κ2) is 17.5. The first-order chi connectivity index (χ1) is 24.6. The summed E-state index contributed by atoms with van der Waals surface area (Å²) in [5.41, 5.74) is 5.11. The molecule has 4 aromatic rings. The van der Waals surface area contributed by atoms with Crippen LogP contribution in [-0.4, -0.2) is 23.9 Å². The summed E-state index contributed by atoms with van der Waals surface area (Å²) < 4.78 is 0. The zero-order valence-corrected chi connectivity index (χ0v) is 36.9. The number of allylic oxidation sites excluding steroid dienone is 2. The average Bonchev–Trinajstić information content (AvgIpc) is 3.15. The number of ketones is 1. The summed E-state index contributed by atoms with van der Waals surface area (Å²) in [6.07, 6.45) is 14.2. The van der Waals surface area contributed by atoms with E-state index in [0.717, 1.165) is 37.3 Å². The molecule has 2 saturated heterocycles. The van der Waals surface area contributed by atoms with Gasteiger partial charge in [0.25, 0.3) is 0 Å². The smallest absolute Gasteiger partial charge is 0.162 e. The Morgan fingerprint density at radius 3 is 2.31 bits per heavy atom. The van der Waals surface area contributed by atoms with Crippen molar-refractivity contribution in [3.8, 4) is 11.3 Å². The molecule has 4 heterocycles. The second-order valence-electron chi connectivity index (χ2n) is 16.4. The maximum absolute atomic E-state index is 11.9. The van der Waals surface area contributed by atoms with Crippen molar-refractivity contribution in [2.75, 3.05) is 0 Å². The van der Waals surface area contributed by atoms with E-state index in [1.165, 1.54) is 80.6 Å². The number of carbonyl (C=O) groups is 1. The van der Waals surface area contributed by atoms with Crippen LogP contribution in [0.25, 0.3) is 32.8 Å². The fourth-order valence-corrected chi connectivity index (χ4v) is 16.0. The van der Waals surface area contributed by atoms with Crippen molar-refractivity contribution in [3.63, 3.8) is 0 Å². The van der Waals surface area contributed by atoms with Crippen LogP contribution in [0.3, 0.4) is 0 Å². The minimum Gasteiger partial charge on any atom is -0.512 e. The first-order valence-electron chi connectivity index (χ1n) is 20.1. The molecule has 3 aromatic carbocycles. The summed E-state index contributed by atoms with van der Waals surface area (Å²) in [7, 11) is -0.931. The topological polar surface area (TPSA) is 50.2 Å². The van der Waals surface area contributed by atoms with Crippen molar-refractivity contribution in [1.82, 2.24) is 4.98 Å². The van der Waals surface area contributed by atoms with Gasteiger partial charge in [-0.3, -0.25) is 9.78 Å². The minimum absolute atomic E-state index is 0. The van der Waals surface area contributed by atoms with Gasteiger partial charge < -0.3 is 5.11 Å². The monoisotopic (exact) mass is 911 g/mol. The Balaban J connectivity index is 0.000000264. The molecule has 3 nitrogen and oxygen atoms in total. The normalized spacial score (nSPS) is 17.2. The van der Waals surface area contributed by atoms with Crippen molar-refractivity contribution < 1.29 is 30.0 Å². The van der Waals surface area contributed by atoms with Gasteiger partial charge in [0.1, 0.15) is 5.76 Å². The SMILES string of the molecule is CC(C)c1c2c([c-]c3ccccc13)-c1nccc3cc(C4CC[Si]5(CCCCC5)CC4)cc(c13)S2.CCC(CC)C(=O)/C=C(\O)C(C)(CC)CC.[Ir].